The molecule has 5 heteroatoms. The zero-order valence-electron chi connectivity index (χ0n) is 16.9. The van der Waals surface area contributed by atoms with Crippen LogP contribution in [0.2, 0.25) is 0 Å². The van der Waals surface area contributed by atoms with E-state index >= 15 is 0 Å². The Labute approximate surface area is 166 Å². The maximum atomic E-state index is 5.46. The molecule has 0 amide bonds. The van der Waals surface area contributed by atoms with E-state index in [1.54, 1.807) is 20.4 Å². The van der Waals surface area contributed by atoms with Crippen molar-refractivity contribution in [3.63, 3.8) is 0 Å². The third-order valence-corrected chi connectivity index (χ3v) is 4.69. The number of anilines is 1. The molecular weight excluding hydrogens is 350 g/mol. The van der Waals surface area contributed by atoms with Crippen LogP contribution < -0.4 is 14.8 Å². The van der Waals surface area contributed by atoms with Crippen LogP contribution in [0.25, 0.3) is 11.4 Å². The molecule has 0 fully saturated rings. The lowest BCUT2D eigenvalue weighted by molar-refractivity contribution is 0.391. The standard InChI is InChI=1S/C23H27N3O2/c1-16(2)17-5-7-19(8-6-17)23-25-14-12-22(26-23)24-13-11-18-9-10-20(27-3)15-21(18)28-4/h5-10,12,14-16H,11,13H2,1-4H3,(H,24,25,26). The molecule has 0 saturated heterocycles. The van der Waals surface area contributed by atoms with Crippen LogP contribution in [0.4, 0.5) is 5.82 Å². The molecule has 1 heterocycles. The highest BCUT2D eigenvalue weighted by atomic mass is 16.5. The van der Waals surface area contributed by atoms with Gasteiger partial charge in [0.05, 0.1) is 14.2 Å². The molecule has 0 spiro atoms. The lowest BCUT2D eigenvalue weighted by atomic mass is 10.0. The van der Waals surface area contributed by atoms with E-state index in [0.717, 1.165) is 47.2 Å². The van der Waals surface area contributed by atoms with Crippen molar-refractivity contribution < 1.29 is 9.47 Å². The fourth-order valence-corrected chi connectivity index (χ4v) is 3.00. The molecule has 0 aliphatic carbocycles. The average Bonchev–Trinajstić information content (AvgIpc) is 2.74. The summed E-state index contributed by atoms with van der Waals surface area (Å²) in [4.78, 5) is 9.06. The summed E-state index contributed by atoms with van der Waals surface area (Å²) < 4.78 is 10.7. The van der Waals surface area contributed by atoms with E-state index in [1.165, 1.54) is 5.56 Å². The van der Waals surface area contributed by atoms with Gasteiger partial charge in [-0.05, 0) is 35.6 Å². The van der Waals surface area contributed by atoms with Crippen molar-refractivity contribution in [2.45, 2.75) is 26.2 Å². The van der Waals surface area contributed by atoms with Gasteiger partial charge in [-0.1, -0.05) is 44.2 Å². The van der Waals surface area contributed by atoms with Gasteiger partial charge in [0.15, 0.2) is 5.82 Å². The molecule has 1 N–H and O–H groups in total. The van der Waals surface area contributed by atoms with Crippen LogP contribution in [0.1, 0.15) is 30.9 Å². The minimum absolute atomic E-state index is 0.512. The number of rotatable bonds is 8. The molecule has 146 valence electrons. The SMILES string of the molecule is COc1ccc(CCNc2ccnc(-c3ccc(C(C)C)cc3)n2)c(OC)c1. The zero-order valence-corrected chi connectivity index (χ0v) is 16.9. The van der Waals surface area contributed by atoms with Crippen LogP contribution in [-0.4, -0.2) is 30.7 Å². The first kappa shape index (κ1) is 19.7. The average molecular weight is 377 g/mol. The molecule has 3 aromatic rings. The first-order valence-electron chi connectivity index (χ1n) is 9.49. The lowest BCUT2D eigenvalue weighted by Gasteiger charge is -2.11. The molecular formula is C23H27N3O2. The topological polar surface area (TPSA) is 56.3 Å². The smallest absolute Gasteiger partial charge is 0.161 e. The molecule has 0 radical (unpaired) electrons. The van der Waals surface area contributed by atoms with Crippen molar-refractivity contribution in [2.75, 3.05) is 26.1 Å². The number of benzene rings is 2. The summed E-state index contributed by atoms with van der Waals surface area (Å²) in [5.41, 5.74) is 3.45. The Morgan fingerprint density at radius 2 is 1.75 bits per heavy atom. The monoisotopic (exact) mass is 377 g/mol. The number of nitrogens with zero attached hydrogens (tertiary/aromatic N) is 2. The van der Waals surface area contributed by atoms with Gasteiger partial charge in [-0.25, -0.2) is 9.97 Å². The van der Waals surface area contributed by atoms with Gasteiger partial charge in [0.2, 0.25) is 0 Å². The number of hydrogen-bond acceptors (Lipinski definition) is 5. The highest BCUT2D eigenvalue weighted by molar-refractivity contribution is 5.57. The van der Waals surface area contributed by atoms with Crippen LogP contribution in [0.3, 0.4) is 0 Å². The van der Waals surface area contributed by atoms with Gasteiger partial charge >= 0.3 is 0 Å². The van der Waals surface area contributed by atoms with Crippen molar-refractivity contribution in [3.05, 3.63) is 65.9 Å². The maximum Gasteiger partial charge on any atom is 0.161 e. The fourth-order valence-electron chi connectivity index (χ4n) is 3.00. The van der Waals surface area contributed by atoms with E-state index in [4.69, 9.17) is 9.47 Å². The van der Waals surface area contributed by atoms with Crippen LogP contribution in [0, 0.1) is 0 Å². The van der Waals surface area contributed by atoms with Crippen molar-refractivity contribution in [1.29, 1.82) is 0 Å². The molecule has 0 unspecified atom stereocenters. The zero-order chi connectivity index (χ0) is 19.9. The number of aromatic nitrogens is 2. The normalized spacial score (nSPS) is 10.8. The van der Waals surface area contributed by atoms with E-state index in [2.05, 4.69) is 53.4 Å². The predicted octanol–water partition coefficient (Wildman–Crippen LogP) is 4.94. The largest absolute Gasteiger partial charge is 0.497 e. The van der Waals surface area contributed by atoms with E-state index in [9.17, 15) is 0 Å². The molecule has 0 bridgehead atoms. The van der Waals surface area contributed by atoms with Crippen LogP contribution >= 0.6 is 0 Å². The molecule has 0 aliphatic rings. The van der Waals surface area contributed by atoms with Gasteiger partial charge in [-0.2, -0.15) is 0 Å². The fraction of sp³-hybridized carbons (Fsp3) is 0.304. The summed E-state index contributed by atoms with van der Waals surface area (Å²) in [5.74, 6) is 3.66. The predicted molar refractivity (Wildman–Crippen MR) is 113 cm³/mol. The second-order valence-electron chi connectivity index (χ2n) is 6.90. The molecule has 1 aromatic heterocycles. The minimum Gasteiger partial charge on any atom is -0.497 e. The summed E-state index contributed by atoms with van der Waals surface area (Å²) in [6.45, 7) is 5.12. The molecule has 3 rings (SSSR count). The van der Waals surface area contributed by atoms with Crippen LogP contribution in [-0.2, 0) is 6.42 Å². The summed E-state index contributed by atoms with van der Waals surface area (Å²) in [6, 6.07) is 16.2. The maximum absolute atomic E-state index is 5.46. The third kappa shape index (κ3) is 4.80. The van der Waals surface area contributed by atoms with Crippen molar-refractivity contribution >= 4 is 5.82 Å². The summed E-state index contributed by atoms with van der Waals surface area (Å²) in [7, 11) is 3.33. The summed E-state index contributed by atoms with van der Waals surface area (Å²) >= 11 is 0. The molecule has 2 aromatic carbocycles. The van der Waals surface area contributed by atoms with Gasteiger partial charge < -0.3 is 14.8 Å². The van der Waals surface area contributed by atoms with E-state index < -0.39 is 0 Å². The second-order valence-corrected chi connectivity index (χ2v) is 6.90. The Hall–Kier alpha value is -3.08. The minimum atomic E-state index is 0.512. The number of ether oxygens (including phenoxy) is 2. The molecule has 5 nitrogen and oxygen atoms in total. The first-order chi connectivity index (χ1) is 13.6. The quantitative estimate of drug-likeness (QED) is 0.603. The van der Waals surface area contributed by atoms with Crippen LogP contribution in [0.15, 0.2) is 54.7 Å². The second kappa shape index (κ2) is 9.22. The van der Waals surface area contributed by atoms with Gasteiger partial charge in [0.25, 0.3) is 0 Å². The molecule has 28 heavy (non-hydrogen) atoms. The van der Waals surface area contributed by atoms with E-state index in [1.807, 2.05) is 24.3 Å². The first-order valence-corrected chi connectivity index (χ1v) is 9.49. The van der Waals surface area contributed by atoms with Gasteiger partial charge in [0.1, 0.15) is 17.3 Å². The number of hydrogen-bond donors (Lipinski definition) is 1. The summed E-state index contributed by atoms with van der Waals surface area (Å²) in [6.07, 6.45) is 2.60. The van der Waals surface area contributed by atoms with Gasteiger partial charge in [0, 0.05) is 24.4 Å². The Morgan fingerprint density at radius 3 is 2.43 bits per heavy atom. The summed E-state index contributed by atoms with van der Waals surface area (Å²) in [5, 5.41) is 3.37. The van der Waals surface area contributed by atoms with Crippen molar-refractivity contribution in [1.82, 2.24) is 9.97 Å². The lowest BCUT2D eigenvalue weighted by Crippen LogP contribution is -2.08. The van der Waals surface area contributed by atoms with Crippen molar-refractivity contribution in [2.24, 2.45) is 0 Å². The molecule has 0 atom stereocenters. The van der Waals surface area contributed by atoms with Crippen LogP contribution in [0.5, 0.6) is 11.5 Å². The van der Waals surface area contributed by atoms with Gasteiger partial charge in [-0.3, -0.25) is 0 Å². The molecule has 0 saturated carbocycles. The third-order valence-electron chi connectivity index (χ3n) is 4.69. The number of methoxy groups -OCH3 is 2. The van der Waals surface area contributed by atoms with Crippen molar-refractivity contribution in [3.8, 4) is 22.9 Å². The van der Waals surface area contributed by atoms with Gasteiger partial charge in [-0.15, -0.1) is 0 Å². The highest BCUT2D eigenvalue weighted by Gasteiger charge is 2.07. The Balaban J connectivity index is 1.65. The Kier molecular flexibility index (Phi) is 6.48. The Morgan fingerprint density at radius 1 is 0.964 bits per heavy atom. The van der Waals surface area contributed by atoms with E-state index in [-0.39, 0.29) is 0 Å². The van der Waals surface area contributed by atoms with E-state index in [0.29, 0.717) is 5.92 Å². The Bertz CT molecular complexity index is 908. The number of nitrogens with one attached hydrogen (secondary N) is 1. The highest BCUT2D eigenvalue weighted by Crippen LogP contribution is 2.25. The molecule has 0 aliphatic heterocycles.